The van der Waals surface area contributed by atoms with Gasteiger partial charge in [-0.2, -0.15) is 0 Å². The second-order valence-corrected chi connectivity index (χ2v) is 10.4. The zero-order valence-corrected chi connectivity index (χ0v) is 15.6. The molecule has 0 amide bonds. The summed E-state index contributed by atoms with van der Waals surface area (Å²) in [4.78, 5) is 0. The molecule has 4 rings (SSSR count). The van der Waals surface area contributed by atoms with E-state index in [4.69, 9.17) is 0 Å². The molecule has 2 unspecified atom stereocenters. The third-order valence-electron chi connectivity index (χ3n) is 7.52. The van der Waals surface area contributed by atoms with Crippen LogP contribution in [0.1, 0.15) is 101 Å². The molecule has 22 heavy (non-hydrogen) atoms. The molecular formula is C22H32. The molecule has 0 saturated carbocycles. The van der Waals surface area contributed by atoms with Crippen molar-refractivity contribution in [2.45, 2.75) is 102 Å². The van der Waals surface area contributed by atoms with Crippen molar-refractivity contribution < 1.29 is 0 Å². The minimum atomic E-state index is 0.348. The lowest BCUT2D eigenvalue weighted by Gasteiger charge is -2.44. The maximum atomic E-state index is 2.57. The van der Waals surface area contributed by atoms with Gasteiger partial charge >= 0.3 is 0 Å². The van der Waals surface area contributed by atoms with E-state index < -0.39 is 0 Å². The van der Waals surface area contributed by atoms with Crippen molar-refractivity contribution in [3.05, 3.63) is 33.9 Å². The maximum absolute atomic E-state index is 2.57. The Balaban J connectivity index is 2.16. The van der Waals surface area contributed by atoms with Crippen molar-refractivity contribution in [1.29, 1.82) is 0 Å². The second kappa shape index (κ2) is 3.82. The zero-order valence-electron chi connectivity index (χ0n) is 15.6. The van der Waals surface area contributed by atoms with Gasteiger partial charge in [0.25, 0.3) is 0 Å². The molecule has 3 aliphatic rings. The molecule has 0 heterocycles. The zero-order chi connectivity index (χ0) is 16.1. The molecule has 0 spiro atoms. The summed E-state index contributed by atoms with van der Waals surface area (Å²) in [6.07, 6.45) is 6.81. The van der Waals surface area contributed by atoms with E-state index in [9.17, 15) is 0 Å². The number of rotatable bonds is 0. The van der Waals surface area contributed by atoms with Crippen LogP contribution in [0.25, 0.3) is 0 Å². The van der Waals surface area contributed by atoms with Gasteiger partial charge in [-0.25, -0.2) is 0 Å². The normalized spacial score (nSPS) is 37.0. The van der Waals surface area contributed by atoms with Crippen molar-refractivity contribution in [2.75, 3.05) is 0 Å². The molecule has 2 atom stereocenters. The van der Waals surface area contributed by atoms with Crippen LogP contribution in [0.3, 0.4) is 0 Å². The Morgan fingerprint density at radius 2 is 1.23 bits per heavy atom. The van der Waals surface area contributed by atoms with Crippen LogP contribution in [0.5, 0.6) is 0 Å². The van der Waals surface area contributed by atoms with Gasteiger partial charge in [-0.1, -0.05) is 47.6 Å². The number of hydrogen-bond donors (Lipinski definition) is 0. The van der Waals surface area contributed by atoms with Crippen LogP contribution < -0.4 is 0 Å². The first-order valence-electron chi connectivity index (χ1n) is 9.20. The van der Waals surface area contributed by atoms with Crippen LogP contribution in [0, 0.1) is 6.92 Å². The van der Waals surface area contributed by atoms with Crippen molar-refractivity contribution in [3.63, 3.8) is 0 Å². The van der Waals surface area contributed by atoms with E-state index in [1.165, 1.54) is 32.1 Å². The third-order valence-corrected chi connectivity index (χ3v) is 7.52. The molecule has 0 nitrogen and oxygen atoms in total. The fourth-order valence-electron chi connectivity index (χ4n) is 6.36. The number of benzene rings is 1. The molecule has 1 aromatic rings. The summed E-state index contributed by atoms with van der Waals surface area (Å²) in [5.74, 6) is 0. The summed E-state index contributed by atoms with van der Waals surface area (Å²) in [5, 5.41) is 0. The first-order chi connectivity index (χ1) is 10.0. The van der Waals surface area contributed by atoms with Crippen LogP contribution >= 0.6 is 0 Å². The van der Waals surface area contributed by atoms with Gasteiger partial charge in [0.1, 0.15) is 0 Å². The lowest BCUT2D eigenvalue weighted by molar-refractivity contribution is 0.252. The predicted molar refractivity (Wildman–Crippen MR) is 95.0 cm³/mol. The molecule has 120 valence electrons. The minimum Gasteiger partial charge on any atom is -0.0558 e. The summed E-state index contributed by atoms with van der Waals surface area (Å²) >= 11 is 0. The molecule has 1 aromatic carbocycles. The Hall–Kier alpha value is -0.780. The summed E-state index contributed by atoms with van der Waals surface area (Å²) in [5.41, 5.74) is 10.1. The predicted octanol–water partition coefficient (Wildman–Crippen LogP) is 6.06. The smallest absolute Gasteiger partial charge is 0.00605 e. The molecule has 0 N–H and O–H groups in total. The average molecular weight is 296 g/mol. The first kappa shape index (κ1) is 14.8. The monoisotopic (exact) mass is 296 g/mol. The highest BCUT2D eigenvalue weighted by Crippen LogP contribution is 2.64. The van der Waals surface area contributed by atoms with Crippen LogP contribution in [-0.4, -0.2) is 0 Å². The van der Waals surface area contributed by atoms with Gasteiger partial charge in [0.2, 0.25) is 0 Å². The summed E-state index contributed by atoms with van der Waals surface area (Å²) in [7, 11) is 0. The highest BCUT2D eigenvalue weighted by molar-refractivity contribution is 5.62. The second-order valence-electron chi connectivity index (χ2n) is 10.4. The van der Waals surface area contributed by atoms with Gasteiger partial charge in [0.05, 0.1) is 0 Å². The van der Waals surface area contributed by atoms with Gasteiger partial charge in [0.15, 0.2) is 0 Å². The van der Waals surface area contributed by atoms with Crippen molar-refractivity contribution in [2.24, 2.45) is 0 Å². The molecule has 0 aliphatic heterocycles. The highest BCUT2D eigenvalue weighted by Gasteiger charge is 2.56. The molecule has 0 radical (unpaired) electrons. The molecular weight excluding hydrogens is 264 g/mol. The van der Waals surface area contributed by atoms with E-state index in [0.29, 0.717) is 21.7 Å². The molecule has 0 saturated heterocycles. The van der Waals surface area contributed by atoms with Crippen LogP contribution in [0.4, 0.5) is 0 Å². The lowest BCUT2D eigenvalue weighted by Crippen LogP contribution is -2.35. The van der Waals surface area contributed by atoms with E-state index in [1.807, 2.05) is 0 Å². The Morgan fingerprint density at radius 3 is 1.86 bits per heavy atom. The number of hydrogen-bond acceptors (Lipinski definition) is 0. The van der Waals surface area contributed by atoms with E-state index in [2.05, 4.69) is 54.5 Å². The Morgan fingerprint density at radius 1 is 0.682 bits per heavy atom. The van der Waals surface area contributed by atoms with E-state index >= 15 is 0 Å². The largest absolute Gasteiger partial charge is 0.0558 e. The van der Waals surface area contributed by atoms with Crippen molar-refractivity contribution >= 4 is 0 Å². The Labute approximate surface area is 136 Å². The van der Waals surface area contributed by atoms with Crippen LogP contribution in [-0.2, 0) is 21.7 Å². The SMILES string of the molecule is Cc1cc2c3c4c1C(C)(C)CCC4(C)CC3(C)CCC2(C)C. The fraction of sp³-hybridized carbons (Fsp3) is 0.727. The van der Waals surface area contributed by atoms with Gasteiger partial charge in [0, 0.05) is 0 Å². The van der Waals surface area contributed by atoms with Crippen LogP contribution in [0.2, 0.25) is 0 Å². The molecule has 0 bridgehead atoms. The van der Waals surface area contributed by atoms with E-state index in [0.717, 1.165) is 0 Å². The maximum Gasteiger partial charge on any atom is -0.00605 e. The molecule has 0 heteroatoms. The lowest BCUT2D eigenvalue weighted by atomic mass is 9.60. The minimum absolute atomic E-state index is 0.348. The third kappa shape index (κ3) is 1.60. The summed E-state index contributed by atoms with van der Waals surface area (Å²) in [6.45, 7) is 17.4. The van der Waals surface area contributed by atoms with Gasteiger partial charge in [-0.3, -0.25) is 0 Å². The van der Waals surface area contributed by atoms with Gasteiger partial charge in [-0.15, -0.1) is 0 Å². The average Bonchev–Trinajstić information content (AvgIpc) is 2.63. The van der Waals surface area contributed by atoms with E-state index in [1.54, 1.807) is 27.8 Å². The van der Waals surface area contributed by atoms with Gasteiger partial charge < -0.3 is 0 Å². The van der Waals surface area contributed by atoms with E-state index in [-0.39, 0.29) is 0 Å². The Bertz CT molecular complexity index is 676. The summed E-state index contributed by atoms with van der Waals surface area (Å²) < 4.78 is 0. The topological polar surface area (TPSA) is 0 Å². The first-order valence-corrected chi connectivity index (χ1v) is 9.20. The fourth-order valence-corrected chi connectivity index (χ4v) is 6.36. The molecule has 3 aliphatic carbocycles. The highest BCUT2D eigenvalue weighted by atomic mass is 14.6. The van der Waals surface area contributed by atoms with Gasteiger partial charge in [-0.05, 0) is 88.5 Å². The van der Waals surface area contributed by atoms with Crippen LogP contribution in [0.15, 0.2) is 6.07 Å². The number of aryl methyl sites for hydroxylation is 1. The quantitative estimate of drug-likeness (QED) is 0.546. The molecule has 0 aromatic heterocycles. The Kier molecular flexibility index (Phi) is 2.57. The van der Waals surface area contributed by atoms with Crippen molar-refractivity contribution in [1.82, 2.24) is 0 Å². The molecule has 0 fully saturated rings. The standard InChI is InChI=1S/C22H32/c1-14-12-15-17-18-16(14)20(4,5)9-11-22(18,7)13-21(17,6)10-8-19(15,2)3/h12H,8-11,13H2,1-7H3. The van der Waals surface area contributed by atoms with Crippen molar-refractivity contribution in [3.8, 4) is 0 Å². The summed E-state index contributed by atoms with van der Waals surface area (Å²) in [6, 6.07) is 2.57.